The smallest absolute Gasteiger partial charge is 0.313 e. The molecule has 2 bridgehead atoms. The van der Waals surface area contributed by atoms with Crippen LogP contribution in [0, 0.1) is 5.92 Å². The van der Waals surface area contributed by atoms with E-state index in [0.29, 0.717) is 6.61 Å². The molecule has 2 heterocycles. The van der Waals surface area contributed by atoms with Gasteiger partial charge in [0.25, 0.3) is 0 Å². The van der Waals surface area contributed by atoms with Crippen LogP contribution >= 0.6 is 15.9 Å². The highest BCUT2D eigenvalue weighted by Crippen LogP contribution is 2.44. The van der Waals surface area contributed by atoms with E-state index in [9.17, 15) is 4.79 Å². The van der Waals surface area contributed by atoms with Gasteiger partial charge in [-0.25, -0.2) is 0 Å². The second-order valence-electron chi connectivity index (χ2n) is 5.20. The maximum Gasteiger partial charge on any atom is 0.313 e. The van der Waals surface area contributed by atoms with E-state index in [-0.39, 0.29) is 24.0 Å². The lowest BCUT2D eigenvalue weighted by molar-refractivity contribution is -0.187. The molecule has 0 aliphatic carbocycles. The van der Waals surface area contributed by atoms with Gasteiger partial charge in [-0.1, -0.05) is 28.1 Å². The van der Waals surface area contributed by atoms with E-state index in [4.69, 9.17) is 9.57 Å². The first kappa shape index (κ1) is 14.0. The monoisotopic (exact) mass is 339 g/mol. The number of carbonyl (C=O) groups excluding carboxylic acids is 1. The van der Waals surface area contributed by atoms with Crippen molar-refractivity contribution < 1.29 is 14.4 Å². The summed E-state index contributed by atoms with van der Waals surface area (Å²) in [6.45, 7) is 3.12. The molecule has 2 aliphatic heterocycles. The zero-order valence-electron chi connectivity index (χ0n) is 11.4. The maximum absolute atomic E-state index is 12.3. The quantitative estimate of drug-likeness (QED) is 0.793. The Balaban J connectivity index is 1.92. The second kappa shape index (κ2) is 5.84. The van der Waals surface area contributed by atoms with Crippen LogP contribution in [-0.4, -0.2) is 30.3 Å². The maximum atomic E-state index is 12.3. The summed E-state index contributed by atoms with van der Waals surface area (Å²) in [4.78, 5) is 18.2. The number of nitrogens with zero attached hydrogens (tertiary/aromatic N) is 1. The average Bonchev–Trinajstić information content (AvgIpc) is 2.71. The SMILES string of the molecule is CCOC(=O)[C@@H]1[C@@H](c2ccc(Br)cc2)N2CCC[C@H]1O2. The Hall–Kier alpha value is -0.910. The van der Waals surface area contributed by atoms with Crippen LogP contribution in [0.15, 0.2) is 28.7 Å². The largest absolute Gasteiger partial charge is 0.466 e. The summed E-state index contributed by atoms with van der Waals surface area (Å²) in [5.74, 6) is -0.367. The number of ether oxygens (including phenoxy) is 1. The molecule has 1 aromatic rings. The fraction of sp³-hybridized carbons (Fsp3) is 0.533. The van der Waals surface area contributed by atoms with Crippen LogP contribution < -0.4 is 0 Å². The Kier molecular flexibility index (Phi) is 4.10. The number of fused-ring (bicyclic) bond motifs is 2. The Bertz CT molecular complexity index is 490. The molecule has 4 nitrogen and oxygen atoms in total. The molecule has 1 unspecified atom stereocenters. The van der Waals surface area contributed by atoms with Crippen molar-refractivity contribution in [2.24, 2.45) is 5.92 Å². The van der Waals surface area contributed by atoms with Gasteiger partial charge in [0.2, 0.25) is 0 Å². The Morgan fingerprint density at radius 2 is 2.20 bits per heavy atom. The third kappa shape index (κ3) is 2.50. The minimum Gasteiger partial charge on any atom is -0.466 e. The zero-order chi connectivity index (χ0) is 14.1. The normalized spacial score (nSPS) is 32.1. The molecule has 3 rings (SSSR count). The van der Waals surface area contributed by atoms with Crippen LogP contribution in [0.2, 0.25) is 0 Å². The standard InChI is InChI=1S/C15H18BrNO3/c1-2-19-15(18)13-12-4-3-9-17(20-12)14(13)10-5-7-11(16)8-6-10/h5-8,12-14H,2-4,9H2,1H3/t12-,13+,14-/m1/s1. The Labute approximate surface area is 127 Å². The van der Waals surface area contributed by atoms with Crippen LogP contribution in [0.25, 0.3) is 0 Å². The molecule has 0 spiro atoms. The Morgan fingerprint density at radius 3 is 2.90 bits per heavy atom. The van der Waals surface area contributed by atoms with E-state index >= 15 is 0 Å². The first-order chi connectivity index (χ1) is 9.70. The van der Waals surface area contributed by atoms with Crippen LogP contribution in [0.1, 0.15) is 31.4 Å². The molecule has 0 radical (unpaired) electrons. The molecule has 4 atom stereocenters. The first-order valence-electron chi connectivity index (χ1n) is 7.06. The summed E-state index contributed by atoms with van der Waals surface area (Å²) in [5.41, 5.74) is 1.11. The third-order valence-electron chi connectivity index (χ3n) is 3.96. The molecule has 0 amide bonds. The van der Waals surface area contributed by atoms with Gasteiger partial charge >= 0.3 is 5.97 Å². The molecule has 0 aromatic heterocycles. The molecule has 2 saturated heterocycles. The highest BCUT2D eigenvalue weighted by atomic mass is 79.9. The molecular formula is C15H18BrNO3. The highest BCUT2D eigenvalue weighted by molar-refractivity contribution is 9.10. The topological polar surface area (TPSA) is 38.8 Å². The minimum atomic E-state index is -0.223. The van der Waals surface area contributed by atoms with Gasteiger partial charge in [-0.2, -0.15) is 5.06 Å². The number of rotatable bonds is 3. The van der Waals surface area contributed by atoms with Gasteiger partial charge in [0.15, 0.2) is 0 Å². The summed E-state index contributed by atoms with van der Waals surface area (Å²) < 4.78 is 6.29. The first-order valence-corrected chi connectivity index (χ1v) is 7.85. The van der Waals surface area contributed by atoms with E-state index in [1.54, 1.807) is 0 Å². The van der Waals surface area contributed by atoms with Gasteiger partial charge in [0.1, 0.15) is 5.92 Å². The number of hydrogen-bond acceptors (Lipinski definition) is 4. The summed E-state index contributed by atoms with van der Waals surface area (Å²) >= 11 is 3.44. The van der Waals surface area contributed by atoms with Crippen LogP contribution in [-0.2, 0) is 14.4 Å². The predicted molar refractivity (Wildman–Crippen MR) is 77.8 cm³/mol. The average molecular weight is 340 g/mol. The van der Waals surface area contributed by atoms with Crippen molar-refractivity contribution in [3.05, 3.63) is 34.3 Å². The third-order valence-corrected chi connectivity index (χ3v) is 4.49. The summed E-state index contributed by atoms with van der Waals surface area (Å²) in [6, 6.07) is 8.06. The molecular weight excluding hydrogens is 322 g/mol. The van der Waals surface area contributed by atoms with Crippen LogP contribution in [0.3, 0.4) is 0 Å². The van der Waals surface area contributed by atoms with Crippen molar-refractivity contribution in [3.63, 3.8) is 0 Å². The molecule has 108 valence electrons. The summed E-state index contributed by atoms with van der Waals surface area (Å²) in [6.07, 6.45) is 1.94. The van der Waals surface area contributed by atoms with Gasteiger partial charge in [0, 0.05) is 11.0 Å². The van der Waals surface area contributed by atoms with Crippen molar-refractivity contribution in [3.8, 4) is 0 Å². The van der Waals surface area contributed by atoms with E-state index in [1.807, 2.05) is 36.3 Å². The van der Waals surface area contributed by atoms with Crippen molar-refractivity contribution in [1.29, 1.82) is 0 Å². The predicted octanol–water partition coefficient (Wildman–Crippen LogP) is 3.08. The van der Waals surface area contributed by atoms with Crippen molar-refractivity contribution in [1.82, 2.24) is 5.06 Å². The number of benzene rings is 1. The van der Waals surface area contributed by atoms with E-state index in [0.717, 1.165) is 29.4 Å². The van der Waals surface area contributed by atoms with E-state index < -0.39 is 0 Å². The molecule has 20 heavy (non-hydrogen) atoms. The highest BCUT2D eigenvalue weighted by Gasteiger charge is 2.50. The lowest BCUT2D eigenvalue weighted by Gasteiger charge is -2.25. The van der Waals surface area contributed by atoms with E-state index in [1.165, 1.54) is 0 Å². The zero-order valence-corrected chi connectivity index (χ0v) is 13.0. The molecule has 0 N–H and O–H groups in total. The molecule has 0 saturated carbocycles. The summed E-state index contributed by atoms with van der Waals surface area (Å²) in [5, 5.41) is 1.96. The number of hydroxylamine groups is 2. The fourth-order valence-electron chi connectivity index (χ4n) is 3.11. The van der Waals surface area contributed by atoms with Gasteiger partial charge < -0.3 is 4.74 Å². The molecule has 2 fully saturated rings. The lowest BCUT2D eigenvalue weighted by atomic mass is 9.89. The number of halogens is 1. The molecule has 5 heteroatoms. The van der Waals surface area contributed by atoms with Gasteiger partial charge in [-0.05, 0) is 37.5 Å². The van der Waals surface area contributed by atoms with Crippen LogP contribution in [0.5, 0.6) is 0 Å². The Morgan fingerprint density at radius 1 is 1.45 bits per heavy atom. The van der Waals surface area contributed by atoms with E-state index in [2.05, 4.69) is 15.9 Å². The fourth-order valence-corrected chi connectivity index (χ4v) is 3.38. The summed E-state index contributed by atoms with van der Waals surface area (Å²) in [7, 11) is 0. The number of esters is 1. The van der Waals surface area contributed by atoms with Gasteiger partial charge in [-0.3, -0.25) is 9.63 Å². The van der Waals surface area contributed by atoms with Crippen molar-refractivity contribution in [2.75, 3.05) is 13.2 Å². The number of hydrogen-bond donors (Lipinski definition) is 0. The lowest BCUT2D eigenvalue weighted by Crippen LogP contribution is -2.29. The van der Waals surface area contributed by atoms with Crippen LogP contribution in [0.4, 0.5) is 0 Å². The molecule has 2 aliphatic rings. The number of carbonyl (C=O) groups is 1. The van der Waals surface area contributed by atoms with Crippen molar-refractivity contribution >= 4 is 21.9 Å². The minimum absolute atomic E-state index is 0.0327. The second-order valence-corrected chi connectivity index (χ2v) is 6.12. The van der Waals surface area contributed by atoms with Gasteiger partial charge in [-0.15, -0.1) is 0 Å². The molecule has 1 aromatic carbocycles. The van der Waals surface area contributed by atoms with Crippen molar-refractivity contribution in [2.45, 2.75) is 31.9 Å². The van der Waals surface area contributed by atoms with Gasteiger partial charge in [0.05, 0.1) is 18.8 Å².